The van der Waals surface area contributed by atoms with Gasteiger partial charge < -0.3 is 14.3 Å². The van der Waals surface area contributed by atoms with Crippen LogP contribution in [0, 0.1) is 0 Å². The van der Waals surface area contributed by atoms with Crippen molar-refractivity contribution in [3.8, 4) is 11.5 Å². The molecule has 0 amide bonds. The van der Waals surface area contributed by atoms with Crippen molar-refractivity contribution in [2.75, 3.05) is 19.8 Å². The molecule has 0 aromatic heterocycles. The Hall–Kier alpha value is -1.01. The number of nitrogens with zero attached hydrogens (tertiary/aromatic N) is 1. The summed E-state index contributed by atoms with van der Waals surface area (Å²) in [5.74, 6) is 1.94. The number of ether oxygens (including phenoxy) is 2. The van der Waals surface area contributed by atoms with E-state index in [-0.39, 0.29) is 0 Å². The summed E-state index contributed by atoms with van der Waals surface area (Å²) in [7, 11) is 0. The maximum atomic E-state index is 6.22. The zero-order chi connectivity index (χ0) is 20.8. The van der Waals surface area contributed by atoms with Crippen LogP contribution in [0.5, 0.6) is 11.5 Å². The smallest absolute Gasteiger partial charge is 0.125 e. The number of aryl methyl sites for hydroxylation is 2. The fraction of sp³-hybridized carbons (Fsp3) is 0.591. The minimum atomic E-state index is 0.517. The Balaban J connectivity index is 2.77. The largest absolute Gasteiger partial charge is 0.493 e. The van der Waals surface area contributed by atoms with Crippen molar-refractivity contribution in [1.29, 1.82) is 0 Å². The molecule has 0 radical (unpaired) electrons. The third kappa shape index (κ3) is 10.5. The molecule has 0 aliphatic heterocycles. The molecule has 4 nitrogen and oxygen atoms in total. The van der Waals surface area contributed by atoms with Crippen LogP contribution in [0.3, 0.4) is 0 Å². The first-order valence-corrected chi connectivity index (χ1v) is 11.6. The molecule has 0 atom stereocenters. The summed E-state index contributed by atoms with van der Waals surface area (Å²) < 4.78 is 13.0. The number of hydrogen-bond donors (Lipinski definition) is 0. The van der Waals surface area contributed by atoms with E-state index in [4.69, 9.17) is 14.3 Å². The van der Waals surface area contributed by atoms with Gasteiger partial charge in [-0.25, -0.2) is 0 Å². The second kappa shape index (κ2) is 14.9. The molecule has 1 aromatic carbocycles. The second-order valence-corrected chi connectivity index (χ2v) is 9.58. The third-order valence-electron chi connectivity index (χ3n) is 3.87. The first-order valence-electron chi connectivity index (χ1n) is 10.0. The van der Waals surface area contributed by atoms with E-state index in [1.165, 1.54) is 11.1 Å². The van der Waals surface area contributed by atoms with Crippen LogP contribution in [-0.4, -0.2) is 25.5 Å². The van der Waals surface area contributed by atoms with Crippen LogP contribution in [0.25, 0.3) is 0 Å². The quantitative estimate of drug-likeness (QED) is 0.149. The summed E-state index contributed by atoms with van der Waals surface area (Å²) in [4.78, 5) is 5.25. The van der Waals surface area contributed by atoms with Crippen molar-refractivity contribution in [2.45, 2.75) is 66.2 Å². The van der Waals surface area contributed by atoms with Crippen molar-refractivity contribution in [3.05, 3.63) is 32.7 Å². The predicted octanol–water partition coefficient (Wildman–Crippen LogP) is 7.17. The summed E-state index contributed by atoms with van der Waals surface area (Å²) in [6.07, 6.45) is 7.91. The Bertz CT molecular complexity index is 610. The number of oxime groups is 1. The fourth-order valence-corrected chi connectivity index (χ4v) is 2.98. The van der Waals surface area contributed by atoms with Crippen LogP contribution < -0.4 is 9.47 Å². The average molecular weight is 519 g/mol. The van der Waals surface area contributed by atoms with E-state index in [2.05, 4.69) is 63.0 Å². The van der Waals surface area contributed by atoms with Gasteiger partial charge in [0.2, 0.25) is 0 Å². The van der Waals surface area contributed by atoms with Crippen molar-refractivity contribution in [3.63, 3.8) is 0 Å². The number of hydrogen-bond acceptors (Lipinski definition) is 4. The lowest BCUT2D eigenvalue weighted by atomic mass is 10.0. The Morgan fingerprint density at radius 2 is 1.57 bits per heavy atom. The van der Waals surface area contributed by atoms with Gasteiger partial charge in [-0.05, 0) is 101 Å². The second-order valence-electron chi connectivity index (χ2n) is 6.80. The van der Waals surface area contributed by atoms with E-state index in [0.29, 0.717) is 19.8 Å². The van der Waals surface area contributed by atoms with E-state index in [0.717, 1.165) is 59.1 Å². The normalized spacial score (nSPS) is 10.4. The van der Waals surface area contributed by atoms with Gasteiger partial charge in [-0.15, -0.1) is 0 Å². The third-order valence-corrected chi connectivity index (χ3v) is 4.51. The molecule has 1 rings (SSSR count). The van der Waals surface area contributed by atoms with Crippen molar-refractivity contribution in [2.24, 2.45) is 5.16 Å². The zero-order valence-corrected chi connectivity index (χ0v) is 20.7. The Morgan fingerprint density at radius 1 is 0.964 bits per heavy atom. The molecule has 28 heavy (non-hydrogen) atoms. The summed E-state index contributed by atoms with van der Waals surface area (Å²) in [5, 5.41) is 3.95. The molecular weight excluding hydrogens is 486 g/mol. The summed E-state index contributed by atoms with van der Waals surface area (Å²) in [6.45, 7) is 10.1. The highest BCUT2D eigenvalue weighted by molar-refractivity contribution is 9.28. The van der Waals surface area contributed by atoms with Crippen molar-refractivity contribution >= 4 is 37.6 Å². The van der Waals surface area contributed by atoms with Gasteiger partial charge in [0.05, 0.1) is 15.7 Å². The monoisotopic (exact) mass is 517 g/mol. The predicted molar refractivity (Wildman–Crippen MR) is 125 cm³/mol. The number of halogens is 2. The topological polar surface area (TPSA) is 40.0 Å². The molecular formula is C22H33Br2NO3. The fourth-order valence-electron chi connectivity index (χ4n) is 2.72. The molecule has 0 bridgehead atoms. The molecule has 0 fully saturated rings. The minimum absolute atomic E-state index is 0.517. The molecule has 0 heterocycles. The Labute approximate surface area is 187 Å². The van der Waals surface area contributed by atoms with Gasteiger partial charge in [-0.3, -0.25) is 0 Å². The molecule has 158 valence electrons. The van der Waals surface area contributed by atoms with E-state index in [1.807, 2.05) is 19.9 Å². The van der Waals surface area contributed by atoms with Gasteiger partial charge in [0, 0.05) is 0 Å². The maximum Gasteiger partial charge on any atom is 0.125 e. The number of rotatable bonds is 14. The lowest BCUT2D eigenvalue weighted by Gasteiger charge is -2.18. The average Bonchev–Trinajstić information content (AvgIpc) is 2.62. The summed E-state index contributed by atoms with van der Waals surface area (Å²) >= 11 is 6.72. The molecule has 0 saturated heterocycles. The van der Waals surface area contributed by atoms with E-state index >= 15 is 0 Å². The molecule has 6 heteroatoms. The highest BCUT2D eigenvalue weighted by Crippen LogP contribution is 2.32. The van der Waals surface area contributed by atoms with E-state index in [9.17, 15) is 0 Å². The molecule has 0 aliphatic rings. The highest BCUT2D eigenvalue weighted by atomic mass is 79.9. The first kappa shape index (κ1) is 25.0. The van der Waals surface area contributed by atoms with Crippen molar-refractivity contribution in [1.82, 2.24) is 0 Å². The Morgan fingerprint density at radius 3 is 2.11 bits per heavy atom. The van der Waals surface area contributed by atoms with E-state index in [1.54, 1.807) is 0 Å². The minimum Gasteiger partial charge on any atom is -0.493 e. The van der Waals surface area contributed by atoms with Crippen LogP contribution in [-0.2, 0) is 17.7 Å². The van der Waals surface area contributed by atoms with Crippen LogP contribution in [0.15, 0.2) is 26.8 Å². The van der Waals surface area contributed by atoms with Crippen molar-refractivity contribution < 1.29 is 14.3 Å². The first-order chi connectivity index (χ1) is 13.5. The SMILES string of the molecule is CCCc1cc(OCC=C(Br)Br)cc(CCC)c1OCCCCON=C(C)C. The number of benzene rings is 1. The van der Waals surface area contributed by atoms with Crippen LogP contribution in [0.4, 0.5) is 0 Å². The standard InChI is InChI=1S/C22H33Br2NO3/c1-5-9-18-15-20(26-14-11-21(23)24)16-19(10-6-2)22(18)27-12-7-8-13-28-25-17(3)4/h11,15-16H,5-10,12-14H2,1-4H3. The maximum absolute atomic E-state index is 6.22. The number of unbranched alkanes of at least 4 members (excludes halogenated alkanes) is 1. The molecule has 0 N–H and O–H groups in total. The molecule has 0 unspecified atom stereocenters. The molecule has 0 aliphatic carbocycles. The lowest BCUT2D eigenvalue weighted by molar-refractivity contribution is 0.135. The van der Waals surface area contributed by atoms with Gasteiger partial charge in [0.25, 0.3) is 0 Å². The zero-order valence-electron chi connectivity index (χ0n) is 17.5. The molecule has 0 spiro atoms. The molecule has 1 aromatic rings. The lowest BCUT2D eigenvalue weighted by Crippen LogP contribution is -2.06. The van der Waals surface area contributed by atoms with Gasteiger partial charge in [0.15, 0.2) is 0 Å². The van der Waals surface area contributed by atoms with Gasteiger partial charge >= 0.3 is 0 Å². The van der Waals surface area contributed by atoms with Crippen LogP contribution in [0.2, 0.25) is 0 Å². The Kier molecular flexibility index (Phi) is 13.3. The van der Waals surface area contributed by atoms with Crippen LogP contribution >= 0.6 is 31.9 Å². The van der Waals surface area contributed by atoms with Gasteiger partial charge in [0.1, 0.15) is 24.7 Å². The molecule has 0 saturated carbocycles. The summed E-state index contributed by atoms with van der Waals surface area (Å²) in [5.41, 5.74) is 3.39. The summed E-state index contributed by atoms with van der Waals surface area (Å²) in [6, 6.07) is 4.24. The van der Waals surface area contributed by atoms with Crippen LogP contribution in [0.1, 0.15) is 64.5 Å². The highest BCUT2D eigenvalue weighted by Gasteiger charge is 2.13. The van der Waals surface area contributed by atoms with Gasteiger partial charge in [-0.2, -0.15) is 0 Å². The van der Waals surface area contributed by atoms with Gasteiger partial charge in [-0.1, -0.05) is 31.8 Å². The van der Waals surface area contributed by atoms with E-state index < -0.39 is 0 Å².